The van der Waals surface area contributed by atoms with Gasteiger partial charge < -0.3 is 19.5 Å². The summed E-state index contributed by atoms with van der Waals surface area (Å²) in [6.07, 6.45) is 1.32. The molecular weight excluding hydrogens is 312 g/mol. The first kappa shape index (κ1) is 21.0. The Morgan fingerprint density at radius 2 is 1.33 bits per heavy atom. The zero-order chi connectivity index (χ0) is 19.0. The second-order valence-corrected chi connectivity index (χ2v) is 8.12. The highest BCUT2D eigenvalue weighted by molar-refractivity contribution is 6.61. The maximum Gasteiger partial charge on any atom is 0.495 e. The molecule has 24 heavy (non-hydrogen) atoms. The van der Waals surface area contributed by atoms with Gasteiger partial charge in [-0.1, -0.05) is 0 Å². The standard InChI is InChI=1S/C17H29BFNO4/c1-14(2,21)16(5,6)23-18(12-9-10-20-13(19)11-12)24-17(7,8)15(3,4)22/h9-11,21-22H,1-8H3. The Kier molecular flexibility index (Phi) is 5.88. The van der Waals surface area contributed by atoms with Crippen molar-refractivity contribution in [3.05, 3.63) is 24.3 Å². The third kappa shape index (κ3) is 4.99. The fourth-order valence-electron chi connectivity index (χ4n) is 1.55. The molecule has 0 amide bonds. The van der Waals surface area contributed by atoms with Crippen LogP contribution in [-0.4, -0.2) is 44.7 Å². The molecule has 0 atom stereocenters. The van der Waals surface area contributed by atoms with E-state index in [0.717, 1.165) is 0 Å². The van der Waals surface area contributed by atoms with Crippen molar-refractivity contribution in [1.82, 2.24) is 4.98 Å². The SMILES string of the molecule is CC(C)(O)C(C)(C)OB(OC(C)(C)C(C)(C)O)c1ccnc(F)c1. The first-order valence-corrected chi connectivity index (χ1v) is 7.99. The number of aliphatic hydroxyl groups is 2. The van der Waals surface area contributed by atoms with Crippen molar-refractivity contribution in [2.24, 2.45) is 0 Å². The van der Waals surface area contributed by atoms with Crippen molar-refractivity contribution in [3.63, 3.8) is 0 Å². The molecule has 136 valence electrons. The van der Waals surface area contributed by atoms with Gasteiger partial charge in [0.2, 0.25) is 5.95 Å². The zero-order valence-corrected chi connectivity index (χ0v) is 15.8. The van der Waals surface area contributed by atoms with Gasteiger partial charge >= 0.3 is 7.12 Å². The van der Waals surface area contributed by atoms with Crippen LogP contribution in [0.5, 0.6) is 0 Å². The summed E-state index contributed by atoms with van der Waals surface area (Å²) >= 11 is 0. The molecule has 0 aliphatic rings. The molecule has 0 saturated carbocycles. The third-order valence-electron chi connectivity index (χ3n) is 4.77. The molecule has 1 aromatic heterocycles. The molecule has 2 N–H and O–H groups in total. The Hall–Kier alpha value is -1.02. The van der Waals surface area contributed by atoms with Gasteiger partial charge in [-0.15, -0.1) is 0 Å². The number of aromatic nitrogens is 1. The molecule has 0 saturated heterocycles. The van der Waals surface area contributed by atoms with Gasteiger partial charge in [0.05, 0.1) is 22.4 Å². The van der Waals surface area contributed by atoms with Gasteiger partial charge in [0.25, 0.3) is 0 Å². The fourth-order valence-corrected chi connectivity index (χ4v) is 1.55. The molecule has 1 rings (SSSR count). The van der Waals surface area contributed by atoms with E-state index in [4.69, 9.17) is 9.31 Å². The van der Waals surface area contributed by atoms with Crippen LogP contribution in [0.4, 0.5) is 4.39 Å². The van der Waals surface area contributed by atoms with Crippen molar-refractivity contribution >= 4 is 12.6 Å². The Morgan fingerprint density at radius 1 is 0.917 bits per heavy atom. The molecular formula is C17H29BFNO4. The summed E-state index contributed by atoms with van der Waals surface area (Å²) in [5, 5.41) is 20.7. The number of hydrogen-bond acceptors (Lipinski definition) is 5. The maximum absolute atomic E-state index is 13.5. The number of pyridine rings is 1. The van der Waals surface area contributed by atoms with E-state index < -0.39 is 35.5 Å². The van der Waals surface area contributed by atoms with E-state index in [1.165, 1.54) is 12.3 Å². The summed E-state index contributed by atoms with van der Waals surface area (Å²) in [5.41, 5.74) is -3.91. The van der Waals surface area contributed by atoms with Crippen LogP contribution in [0.25, 0.3) is 0 Å². The lowest BCUT2D eigenvalue weighted by Crippen LogP contribution is -2.58. The quantitative estimate of drug-likeness (QED) is 0.587. The number of nitrogens with zero attached hydrogens (tertiary/aromatic N) is 1. The maximum atomic E-state index is 13.5. The molecule has 0 radical (unpaired) electrons. The summed E-state index contributed by atoms with van der Waals surface area (Å²) in [6.45, 7) is 13.4. The second-order valence-electron chi connectivity index (χ2n) is 8.12. The van der Waals surface area contributed by atoms with Gasteiger partial charge in [-0.2, -0.15) is 4.39 Å². The Morgan fingerprint density at radius 3 is 1.67 bits per heavy atom. The van der Waals surface area contributed by atoms with E-state index in [9.17, 15) is 14.6 Å². The van der Waals surface area contributed by atoms with Crippen LogP contribution >= 0.6 is 0 Å². The van der Waals surface area contributed by atoms with Gasteiger partial charge in [-0.3, -0.25) is 0 Å². The minimum atomic E-state index is -1.17. The van der Waals surface area contributed by atoms with Crippen molar-refractivity contribution in [2.45, 2.75) is 77.8 Å². The average molecular weight is 341 g/mol. The lowest BCUT2D eigenvalue weighted by atomic mass is 9.74. The monoisotopic (exact) mass is 341 g/mol. The highest BCUT2D eigenvalue weighted by Crippen LogP contribution is 2.30. The van der Waals surface area contributed by atoms with E-state index >= 15 is 0 Å². The lowest BCUT2D eigenvalue weighted by molar-refractivity contribution is -0.132. The Bertz CT molecular complexity index is 536. The van der Waals surface area contributed by atoms with Gasteiger partial charge in [0.1, 0.15) is 0 Å². The van der Waals surface area contributed by atoms with Crippen LogP contribution in [0.3, 0.4) is 0 Å². The average Bonchev–Trinajstić information content (AvgIpc) is 2.34. The molecule has 0 fully saturated rings. The van der Waals surface area contributed by atoms with Crippen LogP contribution in [-0.2, 0) is 9.31 Å². The van der Waals surface area contributed by atoms with Gasteiger partial charge in [-0.25, -0.2) is 4.98 Å². The molecule has 1 heterocycles. The smallest absolute Gasteiger partial charge is 0.399 e. The highest BCUT2D eigenvalue weighted by Gasteiger charge is 2.45. The van der Waals surface area contributed by atoms with Crippen molar-refractivity contribution in [3.8, 4) is 0 Å². The molecule has 0 bridgehead atoms. The molecule has 0 aliphatic carbocycles. The summed E-state index contributed by atoms with van der Waals surface area (Å²) in [6, 6.07) is 2.79. The Labute approximate surface area is 144 Å². The van der Waals surface area contributed by atoms with Gasteiger partial charge in [0, 0.05) is 6.20 Å². The first-order chi connectivity index (χ1) is 10.6. The minimum Gasteiger partial charge on any atom is -0.399 e. The van der Waals surface area contributed by atoms with Gasteiger partial charge in [-0.05, 0) is 73.0 Å². The third-order valence-corrected chi connectivity index (χ3v) is 4.77. The van der Waals surface area contributed by atoms with E-state index in [0.29, 0.717) is 5.46 Å². The number of hydrogen-bond donors (Lipinski definition) is 2. The van der Waals surface area contributed by atoms with Crippen LogP contribution in [0.2, 0.25) is 0 Å². The molecule has 0 spiro atoms. The van der Waals surface area contributed by atoms with E-state index in [1.54, 1.807) is 61.5 Å². The van der Waals surface area contributed by atoms with E-state index in [-0.39, 0.29) is 0 Å². The van der Waals surface area contributed by atoms with Crippen LogP contribution in [0.15, 0.2) is 18.3 Å². The normalized spacial score (nSPS) is 14.0. The molecule has 7 heteroatoms. The summed E-state index contributed by atoms with van der Waals surface area (Å²) in [5.74, 6) is -0.660. The van der Waals surface area contributed by atoms with Crippen molar-refractivity contribution in [1.29, 1.82) is 0 Å². The van der Waals surface area contributed by atoms with E-state index in [1.807, 2.05) is 0 Å². The molecule has 5 nitrogen and oxygen atoms in total. The van der Waals surface area contributed by atoms with E-state index in [2.05, 4.69) is 4.98 Å². The fraction of sp³-hybridized carbons (Fsp3) is 0.706. The molecule has 0 unspecified atom stereocenters. The summed E-state index contributed by atoms with van der Waals surface area (Å²) in [4.78, 5) is 3.54. The van der Waals surface area contributed by atoms with Crippen LogP contribution in [0, 0.1) is 5.95 Å². The predicted molar refractivity (Wildman–Crippen MR) is 92.5 cm³/mol. The van der Waals surface area contributed by atoms with Crippen LogP contribution in [0.1, 0.15) is 55.4 Å². The molecule has 1 aromatic rings. The second kappa shape index (κ2) is 6.71. The van der Waals surface area contributed by atoms with Gasteiger partial charge in [0.15, 0.2) is 0 Å². The topological polar surface area (TPSA) is 71.8 Å². The minimum absolute atomic E-state index is 0.414. The van der Waals surface area contributed by atoms with Crippen LogP contribution < -0.4 is 5.46 Å². The molecule has 0 aromatic carbocycles. The number of rotatable bonds is 7. The number of halogens is 1. The molecule has 0 aliphatic heterocycles. The zero-order valence-electron chi connectivity index (χ0n) is 15.8. The largest absolute Gasteiger partial charge is 0.495 e. The highest BCUT2D eigenvalue weighted by atomic mass is 19.1. The lowest BCUT2D eigenvalue weighted by Gasteiger charge is -2.43. The first-order valence-electron chi connectivity index (χ1n) is 7.99. The van der Waals surface area contributed by atoms with Crippen molar-refractivity contribution in [2.75, 3.05) is 0 Å². The predicted octanol–water partition coefficient (Wildman–Crippen LogP) is 2.05. The summed E-state index contributed by atoms with van der Waals surface area (Å²) in [7, 11) is -0.995. The summed E-state index contributed by atoms with van der Waals surface area (Å²) < 4.78 is 25.5. The van der Waals surface area contributed by atoms with Crippen molar-refractivity contribution < 1.29 is 23.9 Å². The Balaban J connectivity index is 3.23.